The quantitative estimate of drug-likeness (QED) is 0.720. The van der Waals surface area contributed by atoms with Gasteiger partial charge in [-0.25, -0.2) is 0 Å². The van der Waals surface area contributed by atoms with Gasteiger partial charge in [-0.3, -0.25) is 0 Å². The second-order valence-electron chi connectivity index (χ2n) is 4.19. The predicted molar refractivity (Wildman–Crippen MR) is 54.8 cm³/mol. The molecule has 0 aromatic heterocycles. The van der Waals surface area contributed by atoms with E-state index in [9.17, 15) is 0 Å². The number of nitrogens with one attached hydrogen (secondary N) is 1. The minimum absolute atomic E-state index is 0. The first-order chi connectivity index (χ1) is 5.45. The topological polar surface area (TPSA) is 12.0 Å². The largest absolute Gasteiger partial charge is 0.314 e. The lowest BCUT2D eigenvalue weighted by Crippen LogP contribution is -2.32. The molecule has 2 saturated carbocycles. The van der Waals surface area contributed by atoms with Crippen LogP contribution in [0.1, 0.15) is 44.9 Å². The molecular formula is C10H20ClN. The smallest absolute Gasteiger partial charge is 0.00671 e. The van der Waals surface area contributed by atoms with Crippen LogP contribution in [0.15, 0.2) is 0 Å². The van der Waals surface area contributed by atoms with E-state index in [-0.39, 0.29) is 12.4 Å². The Morgan fingerprint density at radius 3 is 2.17 bits per heavy atom. The molecule has 2 rings (SSSR count). The lowest BCUT2D eigenvalue weighted by atomic mass is 9.95. The summed E-state index contributed by atoms with van der Waals surface area (Å²) in [6, 6.07) is 0.879. The number of rotatable bonds is 3. The van der Waals surface area contributed by atoms with Crippen molar-refractivity contribution < 1.29 is 0 Å². The molecule has 2 aliphatic carbocycles. The van der Waals surface area contributed by atoms with Crippen LogP contribution in [-0.2, 0) is 0 Å². The molecule has 2 heteroatoms. The van der Waals surface area contributed by atoms with Crippen molar-refractivity contribution in [3.8, 4) is 0 Å². The van der Waals surface area contributed by atoms with Gasteiger partial charge < -0.3 is 5.32 Å². The summed E-state index contributed by atoms with van der Waals surface area (Å²) in [6.45, 7) is 1.31. The van der Waals surface area contributed by atoms with Crippen molar-refractivity contribution in [2.24, 2.45) is 5.92 Å². The minimum Gasteiger partial charge on any atom is -0.314 e. The zero-order chi connectivity index (χ0) is 7.52. The molecule has 2 aliphatic rings. The maximum Gasteiger partial charge on any atom is 0.00671 e. The third-order valence-electron chi connectivity index (χ3n) is 3.00. The SMILES string of the molecule is C1CCC(NCC2CC2)CC1.Cl. The van der Waals surface area contributed by atoms with Crippen LogP contribution in [-0.4, -0.2) is 12.6 Å². The van der Waals surface area contributed by atoms with Crippen molar-refractivity contribution in [2.45, 2.75) is 51.0 Å². The van der Waals surface area contributed by atoms with Gasteiger partial charge in [0.25, 0.3) is 0 Å². The first-order valence-electron chi connectivity index (χ1n) is 5.18. The fourth-order valence-corrected chi connectivity index (χ4v) is 1.96. The highest BCUT2D eigenvalue weighted by atomic mass is 35.5. The Bertz CT molecular complexity index is 117. The van der Waals surface area contributed by atoms with Crippen LogP contribution in [0.2, 0.25) is 0 Å². The summed E-state index contributed by atoms with van der Waals surface area (Å²) >= 11 is 0. The highest BCUT2D eigenvalue weighted by molar-refractivity contribution is 5.85. The summed E-state index contributed by atoms with van der Waals surface area (Å²) < 4.78 is 0. The van der Waals surface area contributed by atoms with Crippen LogP contribution in [0.25, 0.3) is 0 Å². The molecule has 0 heterocycles. The highest BCUT2D eigenvalue weighted by Crippen LogP contribution is 2.28. The molecule has 0 aromatic rings. The zero-order valence-electron chi connectivity index (χ0n) is 7.72. The Balaban J connectivity index is 0.000000720. The van der Waals surface area contributed by atoms with Gasteiger partial charge in [0.05, 0.1) is 0 Å². The van der Waals surface area contributed by atoms with Gasteiger partial charge in [-0.1, -0.05) is 19.3 Å². The molecule has 0 aromatic carbocycles. The standard InChI is InChI=1S/C10H19N.ClH/c1-2-4-10(5-3-1)11-8-9-6-7-9;/h9-11H,1-8H2;1H. The highest BCUT2D eigenvalue weighted by Gasteiger charge is 2.22. The van der Waals surface area contributed by atoms with Gasteiger partial charge in [0, 0.05) is 6.04 Å². The molecule has 72 valence electrons. The monoisotopic (exact) mass is 189 g/mol. The van der Waals surface area contributed by atoms with Gasteiger partial charge in [-0.15, -0.1) is 12.4 Å². The Morgan fingerprint density at radius 2 is 1.58 bits per heavy atom. The minimum atomic E-state index is 0. The van der Waals surface area contributed by atoms with Crippen molar-refractivity contribution in [1.29, 1.82) is 0 Å². The van der Waals surface area contributed by atoms with E-state index in [0.717, 1.165) is 12.0 Å². The molecule has 0 atom stereocenters. The van der Waals surface area contributed by atoms with Crippen LogP contribution >= 0.6 is 12.4 Å². The van der Waals surface area contributed by atoms with E-state index in [0.29, 0.717) is 0 Å². The maximum absolute atomic E-state index is 3.68. The summed E-state index contributed by atoms with van der Waals surface area (Å²) in [5, 5.41) is 3.68. The van der Waals surface area contributed by atoms with E-state index < -0.39 is 0 Å². The van der Waals surface area contributed by atoms with Crippen molar-refractivity contribution in [3.05, 3.63) is 0 Å². The molecule has 0 spiro atoms. The Hall–Kier alpha value is 0.250. The van der Waals surface area contributed by atoms with E-state index in [2.05, 4.69) is 5.32 Å². The van der Waals surface area contributed by atoms with E-state index in [1.54, 1.807) is 0 Å². The Labute approximate surface area is 81.7 Å². The van der Waals surface area contributed by atoms with Crippen molar-refractivity contribution >= 4 is 12.4 Å². The van der Waals surface area contributed by atoms with E-state index in [1.165, 1.54) is 51.5 Å². The molecule has 1 N–H and O–H groups in total. The number of halogens is 1. The molecule has 0 amide bonds. The van der Waals surface area contributed by atoms with Gasteiger partial charge in [0.1, 0.15) is 0 Å². The van der Waals surface area contributed by atoms with Crippen molar-refractivity contribution in [1.82, 2.24) is 5.32 Å². The Morgan fingerprint density at radius 1 is 0.917 bits per heavy atom. The van der Waals surface area contributed by atoms with Crippen molar-refractivity contribution in [3.63, 3.8) is 0 Å². The fourth-order valence-electron chi connectivity index (χ4n) is 1.96. The lowest BCUT2D eigenvalue weighted by Gasteiger charge is -2.22. The second-order valence-corrected chi connectivity index (χ2v) is 4.19. The molecule has 1 nitrogen and oxygen atoms in total. The van der Waals surface area contributed by atoms with E-state index in [1.807, 2.05) is 0 Å². The summed E-state index contributed by atoms with van der Waals surface area (Å²) in [5.41, 5.74) is 0. The molecule has 12 heavy (non-hydrogen) atoms. The van der Waals surface area contributed by atoms with Gasteiger partial charge in [-0.2, -0.15) is 0 Å². The Kier molecular flexibility index (Phi) is 4.38. The van der Waals surface area contributed by atoms with Crippen LogP contribution < -0.4 is 5.32 Å². The molecule has 0 bridgehead atoms. The maximum atomic E-state index is 3.68. The van der Waals surface area contributed by atoms with Gasteiger partial charge in [0.2, 0.25) is 0 Å². The molecular weight excluding hydrogens is 170 g/mol. The molecule has 0 aliphatic heterocycles. The van der Waals surface area contributed by atoms with Gasteiger partial charge in [-0.05, 0) is 38.1 Å². The summed E-state index contributed by atoms with van der Waals surface area (Å²) in [5.74, 6) is 1.05. The zero-order valence-corrected chi connectivity index (χ0v) is 8.54. The third kappa shape index (κ3) is 3.32. The normalized spacial score (nSPS) is 25.0. The predicted octanol–water partition coefficient (Wildman–Crippen LogP) is 2.74. The van der Waals surface area contributed by atoms with Crippen LogP contribution in [0, 0.1) is 5.92 Å². The first kappa shape index (κ1) is 10.3. The summed E-state index contributed by atoms with van der Waals surface area (Å²) in [7, 11) is 0. The molecule has 0 saturated heterocycles. The summed E-state index contributed by atoms with van der Waals surface area (Å²) in [4.78, 5) is 0. The number of hydrogen-bond donors (Lipinski definition) is 1. The number of hydrogen-bond acceptors (Lipinski definition) is 1. The van der Waals surface area contributed by atoms with Crippen LogP contribution in [0.4, 0.5) is 0 Å². The van der Waals surface area contributed by atoms with Crippen LogP contribution in [0.3, 0.4) is 0 Å². The third-order valence-corrected chi connectivity index (χ3v) is 3.00. The first-order valence-corrected chi connectivity index (χ1v) is 5.18. The molecule has 0 unspecified atom stereocenters. The fraction of sp³-hybridized carbons (Fsp3) is 1.00. The van der Waals surface area contributed by atoms with E-state index in [4.69, 9.17) is 0 Å². The second kappa shape index (κ2) is 5.08. The van der Waals surface area contributed by atoms with Crippen LogP contribution in [0.5, 0.6) is 0 Å². The van der Waals surface area contributed by atoms with Gasteiger partial charge >= 0.3 is 0 Å². The average Bonchev–Trinajstić information content (AvgIpc) is 2.86. The molecule has 2 fully saturated rings. The molecule has 0 radical (unpaired) electrons. The van der Waals surface area contributed by atoms with Crippen molar-refractivity contribution in [2.75, 3.05) is 6.54 Å². The average molecular weight is 190 g/mol. The lowest BCUT2D eigenvalue weighted by molar-refractivity contribution is 0.369. The summed E-state index contributed by atoms with van der Waals surface area (Å²) in [6.07, 6.45) is 10.2. The van der Waals surface area contributed by atoms with Gasteiger partial charge in [0.15, 0.2) is 0 Å². The van der Waals surface area contributed by atoms with E-state index >= 15 is 0 Å².